The molecule has 6 nitrogen and oxygen atoms in total. The number of carbonyl (C=O) groups is 3. The predicted octanol–water partition coefficient (Wildman–Crippen LogP) is 2.83. The molecule has 0 saturated carbocycles. The number of aliphatic carboxylic acids is 1. The third-order valence-corrected chi connectivity index (χ3v) is 3.09. The molecule has 2 rings (SSSR count). The lowest BCUT2D eigenvalue weighted by atomic mass is 10.1. The van der Waals surface area contributed by atoms with Gasteiger partial charge in [0.1, 0.15) is 0 Å². The standard InChI is InChI=1S/C18H16N2O4/c1-12-7-8-14(19-16(21)9-10-17(22)23)15(11-12)20-18(24)13-5-3-2-4-6-13/h2-11H,1H3,(H,19,21)(H,20,24)(H,22,23)/b10-9+. The zero-order chi connectivity index (χ0) is 17.5. The maximum atomic E-state index is 12.3. The van der Waals surface area contributed by atoms with Gasteiger partial charge in [-0.3, -0.25) is 9.59 Å². The first-order valence-electron chi connectivity index (χ1n) is 7.15. The van der Waals surface area contributed by atoms with E-state index in [9.17, 15) is 14.4 Å². The van der Waals surface area contributed by atoms with Crippen molar-refractivity contribution >= 4 is 29.2 Å². The third-order valence-electron chi connectivity index (χ3n) is 3.09. The molecule has 6 heteroatoms. The van der Waals surface area contributed by atoms with Crippen LogP contribution in [0.3, 0.4) is 0 Å². The molecule has 0 aliphatic heterocycles. The van der Waals surface area contributed by atoms with Crippen LogP contribution in [0.1, 0.15) is 15.9 Å². The highest BCUT2D eigenvalue weighted by molar-refractivity contribution is 6.09. The summed E-state index contributed by atoms with van der Waals surface area (Å²) in [6, 6.07) is 13.8. The molecule has 0 radical (unpaired) electrons. The third kappa shape index (κ3) is 4.81. The van der Waals surface area contributed by atoms with E-state index in [1.807, 2.05) is 13.0 Å². The molecule has 122 valence electrons. The summed E-state index contributed by atoms with van der Waals surface area (Å²) in [4.78, 5) is 34.4. The van der Waals surface area contributed by atoms with Crippen LogP contribution in [0.2, 0.25) is 0 Å². The Morgan fingerprint density at radius 1 is 0.917 bits per heavy atom. The lowest BCUT2D eigenvalue weighted by Gasteiger charge is -2.12. The number of hydrogen-bond acceptors (Lipinski definition) is 3. The van der Waals surface area contributed by atoms with Gasteiger partial charge in [-0.15, -0.1) is 0 Å². The minimum atomic E-state index is -1.22. The van der Waals surface area contributed by atoms with Crippen LogP contribution in [0, 0.1) is 6.92 Å². The van der Waals surface area contributed by atoms with Crippen molar-refractivity contribution in [1.82, 2.24) is 0 Å². The summed E-state index contributed by atoms with van der Waals surface area (Å²) in [7, 11) is 0. The molecule has 0 unspecified atom stereocenters. The Hall–Kier alpha value is -3.41. The molecule has 3 N–H and O–H groups in total. The van der Waals surface area contributed by atoms with Crippen LogP contribution in [-0.2, 0) is 9.59 Å². The van der Waals surface area contributed by atoms with Gasteiger partial charge in [0.2, 0.25) is 5.91 Å². The molecule has 0 spiro atoms. The van der Waals surface area contributed by atoms with Crippen molar-refractivity contribution < 1.29 is 19.5 Å². The Kier molecular flexibility index (Phi) is 5.46. The molecule has 0 aliphatic carbocycles. The normalized spacial score (nSPS) is 10.4. The van der Waals surface area contributed by atoms with Crippen molar-refractivity contribution in [2.24, 2.45) is 0 Å². The van der Waals surface area contributed by atoms with Crippen molar-refractivity contribution in [2.75, 3.05) is 10.6 Å². The van der Waals surface area contributed by atoms with E-state index in [1.54, 1.807) is 42.5 Å². The van der Waals surface area contributed by atoms with Gasteiger partial charge >= 0.3 is 5.97 Å². The maximum Gasteiger partial charge on any atom is 0.328 e. The predicted molar refractivity (Wildman–Crippen MR) is 91.0 cm³/mol. The Bertz CT molecular complexity index is 798. The molecule has 2 aromatic carbocycles. The van der Waals surface area contributed by atoms with E-state index in [1.165, 1.54) is 0 Å². The number of carboxylic acid groups (broad SMARTS) is 1. The van der Waals surface area contributed by atoms with E-state index in [-0.39, 0.29) is 5.91 Å². The van der Waals surface area contributed by atoms with Crippen molar-refractivity contribution in [3.63, 3.8) is 0 Å². The van der Waals surface area contributed by atoms with Crippen LogP contribution in [0.25, 0.3) is 0 Å². The second-order valence-electron chi connectivity index (χ2n) is 5.03. The zero-order valence-corrected chi connectivity index (χ0v) is 12.9. The molecule has 0 atom stereocenters. The van der Waals surface area contributed by atoms with E-state index in [2.05, 4.69) is 10.6 Å². The summed E-state index contributed by atoms with van der Waals surface area (Å²) < 4.78 is 0. The lowest BCUT2D eigenvalue weighted by Crippen LogP contribution is -2.15. The van der Waals surface area contributed by atoms with E-state index in [4.69, 9.17) is 5.11 Å². The van der Waals surface area contributed by atoms with Crippen molar-refractivity contribution in [2.45, 2.75) is 6.92 Å². The van der Waals surface area contributed by atoms with Gasteiger partial charge in [0, 0.05) is 17.7 Å². The molecule has 24 heavy (non-hydrogen) atoms. The Morgan fingerprint density at radius 3 is 2.29 bits per heavy atom. The van der Waals surface area contributed by atoms with Crippen LogP contribution in [0.4, 0.5) is 11.4 Å². The Labute approximate surface area is 138 Å². The largest absolute Gasteiger partial charge is 0.478 e. The monoisotopic (exact) mass is 324 g/mol. The number of nitrogens with one attached hydrogen (secondary N) is 2. The molecule has 0 aliphatic rings. The van der Waals surface area contributed by atoms with Crippen LogP contribution in [0.15, 0.2) is 60.7 Å². The highest BCUT2D eigenvalue weighted by Crippen LogP contribution is 2.24. The minimum Gasteiger partial charge on any atom is -0.478 e. The SMILES string of the molecule is Cc1ccc(NC(=O)/C=C/C(=O)O)c(NC(=O)c2ccccc2)c1. The number of carboxylic acids is 1. The van der Waals surface area contributed by atoms with E-state index >= 15 is 0 Å². The van der Waals surface area contributed by atoms with Gasteiger partial charge in [-0.1, -0.05) is 24.3 Å². The average molecular weight is 324 g/mol. The maximum absolute atomic E-state index is 12.3. The van der Waals surface area contributed by atoms with E-state index in [0.29, 0.717) is 16.9 Å². The Morgan fingerprint density at radius 2 is 1.62 bits per heavy atom. The second-order valence-corrected chi connectivity index (χ2v) is 5.03. The molecule has 0 bridgehead atoms. The molecule has 0 aromatic heterocycles. The Balaban J connectivity index is 2.20. The molecule has 2 amide bonds. The average Bonchev–Trinajstić information content (AvgIpc) is 2.56. The molecule has 2 aromatic rings. The minimum absolute atomic E-state index is 0.308. The van der Waals surface area contributed by atoms with Crippen LogP contribution in [0.5, 0.6) is 0 Å². The van der Waals surface area contributed by atoms with Gasteiger partial charge in [0.15, 0.2) is 0 Å². The second kappa shape index (κ2) is 7.73. The topological polar surface area (TPSA) is 95.5 Å². The van der Waals surface area contributed by atoms with Crippen LogP contribution >= 0.6 is 0 Å². The zero-order valence-electron chi connectivity index (χ0n) is 12.9. The highest BCUT2D eigenvalue weighted by Gasteiger charge is 2.10. The van der Waals surface area contributed by atoms with Gasteiger partial charge in [0.05, 0.1) is 11.4 Å². The van der Waals surface area contributed by atoms with Crippen molar-refractivity contribution in [1.29, 1.82) is 0 Å². The number of carbonyl (C=O) groups excluding carboxylic acids is 2. The van der Waals surface area contributed by atoms with Crippen LogP contribution in [-0.4, -0.2) is 22.9 Å². The number of anilines is 2. The summed E-state index contributed by atoms with van der Waals surface area (Å²) >= 11 is 0. The number of rotatable bonds is 5. The smallest absolute Gasteiger partial charge is 0.328 e. The molecule has 0 heterocycles. The quantitative estimate of drug-likeness (QED) is 0.737. The summed E-state index contributed by atoms with van der Waals surface area (Å²) in [5, 5.41) is 13.8. The molecular weight excluding hydrogens is 308 g/mol. The first kappa shape index (κ1) is 17.0. The summed E-state index contributed by atoms with van der Waals surface area (Å²) in [5.41, 5.74) is 2.20. The summed E-state index contributed by atoms with van der Waals surface area (Å²) in [6.45, 7) is 1.86. The van der Waals surface area contributed by atoms with Gasteiger partial charge in [-0.2, -0.15) is 0 Å². The molecular formula is C18H16N2O4. The lowest BCUT2D eigenvalue weighted by molar-refractivity contribution is -0.131. The summed E-state index contributed by atoms with van der Waals surface area (Å²) in [5.74, 6) is -2.12. The number of hydrogen-bond donors (Lipinski definition) is 3. The summed E-state index contributed by atoms with van der Waals surface area (Å²) in [6.07, 6.45) is 1.65. The first-order chi connectivity index (χ1) is 11.5. The van der Waals surface area contributed by atoms with Gasteiger partial charge in [-0.25, -0.2) is 4.79 Å². The van der Waals surface area contributed by atoms with E-state index in [0.717, 1.165) is 17.7 Å². The number of aryl methyl sites for hydroxylation is 1. The fraction of sp³-hybridized carbons (Fsp3) is 0.0556. The van der Waals surface area contributed by atoms with Crippen molar-refractivity contribution in [3.05, 3.63) is 71.8 Å². The first-order valence-corrected chi connectivity index (χ1v) is 7.15. The fourth-order valence-corrected chi connectivity index (χ4v) is 1.98. The number of amides is 2. The van der Waals surface area contributed by atoms with Gasteiger partial charge in [0.25, 0.3) is 5.91 Å². The van der Waals surface area contributed by atoms with Crippen molar-refractivity contribution in [3.8, 4) is 0 Å². The van der Waals surface area contributed by atoms with Gasteiger partial charge < -0.3 is 15.7 Å². The highest BCUT2D eigenvalue weighted by atomic mass is 16.4. The molecule has 0 saturated heterocycles. The van der Waals surface area contributed by atoms with Crippen LogP contribution < -0.4 is 10.6 Å². The number of benzene rings is 2. The van der Waals surface area contributed by atoms with Gasteiger partial charge in [-0.05, 0) is 36.8 Å². The van der Waals surface area contributed by atoms with E-state index < -0.39 is 11.9 Å². The fourth-order valence-electron chi connectivity index (χ4n) is 1.98. The molecule has 0 fully saturated rings.